The van der Waals surface area contributed by atoms with Gasteiger partial charge in [0.1, 0.15) is 6.33 Å². The molecule has 0 saturated heterocycles. The van der Waals surface area contributed by atoms with Crippen LogP contribution in [0.2, 0.25) is 0 Å². The van der Waals surface area contributed by atoms with Gasteiger partial charge in [0.25, 0.3) is 0 Å². The molecule has 7 nitrogen and oxygen atoms in total. The average Bonchev–Trinajstić information content (AvgIpc) is 2.40. The topological polar surface area (TPSA) is 121 Å². The first-order valence-corrected chi connectivity index (χ1v) is 6.66. The maximum Gasteiger partial charge on any atom is 0.238 e. The minimum atomic E-state index is -3.58. The molecule has 0 aliphatic heterocycles. The number of anilines is 1. The first-order valence-electron chi connectivity index (χ1n) is 5.12. The second-order valence-electron chi connectivity index (χ2n) is 3.37. The first kappa shape index (κ1) is 14.9. The maximum atomic E-state index is 10.7. The van der Waals surface area contributed by atoms with Crippen LogP contribution in [0, 0.1) is 0 Å². The standard InChI is InChI=1S/C6H8N2O2S.C5H6N2O/c7-5-1-3-6(4-2-5)11(8,9)10;1-8-5-2-3-6-4-7-5/h1-4H,7H2,(H2,8,9,10);2-4H,1H3. The summed E-state index contributed by atoms with van der Waals surface area (Å²) in [5.74, 6) is 0.597. The van der Waals surface area contributed by atoms with Crippen LogP contribution < -0.4 is 15.6 Å². The van der Waals surface area contributed by atoms with Crippen LogP contribution in [0.15, 0.2) is 47.8 Å². The molecule has 2 aromatic rings. The highest BCUT2D eigenvalue weighted by Gasteiger charge is 2.04. The summed E-state index contributed by atoms with van der Waals surface area (Å²) in [5.41, 5.74) is 5.85. The van der Waals surface area contributed by atoms with Gasteiger partial charge in [-0.25, -0.2) is 23.5 Å². The Labute approximate surface area is 111 Å². The van der Waals surface area contributed by atoms with Crippen LogP contribution in [-0.4, -0.2) is 25.5 Å². The lowest BCUT2D eigenvalue weighted by Crippen LogP contribution is -2.11. The summed E-state index contributed by atoms with van der Waals surface area (Å²) in [4.78, 5) is 7.54. The number of hydrogen-bond donors (Lipinski definition) is 2. The predicted molar refractivity (Wildman–Crippen MR) is 70.8 cm³/mol. The summed E-state index contributed by atoms with van der Waals surface area (Å²) < 4.78 is 26.1. The van der Waals surface area contributed by atoms with E-state index in [1.807, 2.05) is 0 Å². The van der Waals surface area contributed by atoms with Crippen molar-refractivity contribution < 1.29 is 13.2 Å². The quantitative estimate of drug-likeness (QED) is 0.769. The number of ether oxygens (including phenoxy) is 1. The zero-order chi connectivity index (χ0) is 14.3. The van der Waals surface area contributed by atoms with E-state index < -0.39 is 10.0 Å². The molecule has 2 rings (SSSR count). The van der Waals surface area contributed by atoms with Crippen molar-refractivity contribution in [1.29, 1.82) is 0 Å². The highest BCUT2D eigenvalue weighted by atomic mass is 32.2. The number of hydrogen-bond acceptors (Lipinski definition) is 6. The number of primary sulfonamides is 1. The fourth-order valence-corrected chi connectivity index (χ4v) is 1.57. The van der Waals surface area contributed by atoms with Gasteiger partial charge in [0.2, 0.25) is 15.9 Å². The third kappa shape index (κ3) is 5.32. The summed E-state index contributed by atoms with van der Waals surface area (Å²) in [7, 11) is -2.00. The van der Waals surface area contributed by atoms with Gasteiger partial charge >= 0.3 is 0 Å². The lowest BCUT2D eigenvalue weighted by molar-refractivity contribution is 0.397. The van der Waals surface area contributed by atoms with Crippen LogP contribution in [0.5, 0.6) is 5.88 Å². The Bertz CT molecular complexity index is 600. The van der Waals surface area contributed by atoms with E-state index in [4.69, 9.17) is 15.6 Å². The van der Waals surface area contributed by atoms with Gasteiger partial charge in [0.15, 0.2) is 0 Å². The molecule has 1 aromatic heterocycles. The molecule has 0 atom stereocenters. The SMILES string of the molecule is COc1ccncn1.Nc1ccc(S(N)(=O)=O)cc1. The number of sulfonamides is 1. The van der Waals surface area contributed by atoms with Gasteiger partial charge in [-0.1, -0.05) is 0 Å². The Morgan fingerprint density at radius 2 is 1.79 bits per heavy atom. The lowest BCUT2D eigenvalue weighted by Gasteiger charge is -1.96. The molecule has 1 aromatic carbocycles. The fraction of sp³-hybridized carbons (Fsp3) is 0.0909. The Kier molecular flexibility index (Phi) is 5.22. The number of methoxy groups -OCH3 is 1. The van der Waals surface area contributed by atoms with Crippen molar-refractivity contribution in [2.45, 2.75) is 4.90 Å². The Morgan fingerprint density at radius 3 is 2.16 bits per heavy atom. The molecular formula is C11H14N4O3S. The first-order chi connectivity index (χ1) is 8.93. The highest BCUT2D eigenvalue weighted by molar-refractivity contribution is 7.89. The molecule has 0 fully saturated rings. The third-order valence-electron chi connectivity index (χ3n) is 1.97. The number of aromatic nitrogens is 2. The van der Waals surface area contributed by atoms with E-state index in [0.29, 0.717) is 11.6 Å². The predicted octanol–water partition coefficient (Wildman–Crippen LogP) is 0.401. The molecule has 0 radical (unpaired) electrons. The zero-order valence-corrected chi connectivity index (χ0v) is 11.0. The molecule has 0 amide bonds. The maximum absolute atomic E-state index is 10.7. The van der Waals surface area contributed by atoms with Gasteiger partial charge in [-0.2, -0.15) is 0 Å². The molecule has 8 heteroatoms. The molecular weight excluding hydrogens is 268 g/mol. The summed E-state index contributed by atoms with van der Waals surface area (Å²) in [6.07, 6.45) is 3.07. The smallest absolute Gasteiger partial charge is 0.238 e. The Balaban J connectivity index is 0.000000200. The van der Waals surface area contributed by atoms with Crippen LogP contribution in [0.4, 0.5) is 5.69 Å². The highest BCUT2D eigenvalue weighted by Crippen LogP contribution is 2.08. The van der Waals surface area contributed by atoms with Crippen LogP contribution in [-0.2, 0) is 10.0 Å². The van der Waals surface area contributed by atoms with E-state index in [1.165, 1.54) is 30.6 Å². The molecule has 19 heavy (non-hydrogen) atoms. The number of nitrogens with two attached hydrogens (primary N) is 2. The second-order valence-corrected chi connectivity index (χ2v) is 4.93. The van der Waals surface area contributed by atoms with E-state index in [-0.39, 0.29) is 4.90 Å². The molecule has 1 heterocycles. The van der Waals surface area contributed by atoms with Gasteiger partial charge in [0.05, 0.1) is 12.0 Å². The summed E-state index contributed by atoms with van der Waals surface area (Å²) >= 11 is 0. The summed E-state index contributed by atoms with van der Waals surface area (Å²) in [6.45, 7) is 0. The largest absolute Gasteiger partial charge is 0.481 e. The summed E-state index contributed by atoms with van der Waals surface area (Å²) in [6, 6.07) is 7.40. The Hall–Kier alpha value is -2.19. The fourth-order valence-electron chi connectivity index (χ4n) is 1.06. The van der Waals surface area contributed by atoms with E-state index in [2.05, 4.69) is 9.97 Å². The van der Waals surface area contributed by atoms with Gasteiger partial charge in [-0.15, -0.1) is 0 Å². The van der Waals surface area contributed by atoms with E-state index in [9.17, 15) is 8.42 Å². The van der Waals surface area contributed by atoms with Gasteiger partial charge in [-0.05, 0) is 24.3 Å². The normalized spacial score (nSPS) is 10.2. The van der Waals surface area contributed by atoms with Crippen LogP contribution in [0.1, 0.15) is 0 Å². The monoisotopic (exact) mass is 282 g/mol. The number of benzene rings is 1. The number of rotatable bonds is 2. The number of nitrogen functional groups attached to an aromatic ring is 1. The zero-order valence-electron chi connectivity index (χ0n) is 10.2. The minimum absolute atomic E-state index is 0.0756. The molecule has 102 valence electrons. The van der Waals surface area contributed by atoms with Crippen LogP contribution >= 0.6 is 0 Å². The van der Waals surface area contributed by atoms with Gasteiger partial charge < -0.3 is 10.5 Å². The van der Waals surface area contributed by atoms with Crippen molar-refractivity contribution in [2.24, 2.45) is 5.14 Å². The molecule has 0 spiro atoms. The second kappa shape index (κ2) is 6.66. The van der Waals surface area contributed by atoms with E-state index in [0.717, 1.165) is 0 Å². The molecule has 0 saturated carbocycles. The number of nitrogens with zero attached hydrogens (tertiary/aromatic N) is 2. The average molecular weight is 282 g/mol. The third-order valence-corrected chi connectivity index (χ3v) is 2.90. The van der Waals surface area contributed by atoms with Crippen LogP contribution in [0.25, 0.3) is 0 Å². The molecule has 0 bridgehead atoms. The Morgan fingerprint density at radius 1 is 1.16 bits per heavy atom. The van der Waals surface area contributed by atoms with Gasteiger partial charge in [0, 0.05) is 18.0 Å². The van der Waals surface area contributed by atoms with E-state index in [1.54, 1.807) is 19.4 Å². The van der Waals surface area contributed by atoms with Gasteiger partial charge in [-0.3, -0.25) is 0 Å². The van der Waals surface area contributed by atoms with Crippen molar-refractivity contribution in [3.63, 3.8) is 0 Å². The van der Waals surface area contributed by atoms with Crippen molar-refractivity contribution in [3.05, 3.63) is 42.9 Å². The molecule has 0 unspecified atom stereocenters. The van der Waals surface area contributed by atoms with Crippen molar-refractivity contribution in [1.82, 2.24) is 9.97 Å². The van der Waals surface area contributed by atoms with Crippen molar-refractivity contribution >= 4 is 15.7 Å². The molecule has 0 aliphatic carbocycles. The molecule has 4 N–H and O–H groups in total. The lowest BCUT2D eigenvalue weighted by atomic mass is 10.3. The van der Waals surface area contributed by atoms with E-state index >= 15 is 0 Å². The van der Waals surface area contributed by atoms with Crippen molar-refractivity contribution in [3.8, 4) is 5.88 Å². The molecule has 0 aliphatic rings. The van der Waals surface area contributed by atoms with Crippen LogP contribution in [0.3, 0.4) is 0 Å². The summed E-state index contributed by atoms with van der Waals surface area (Å²) in [5, 5.41) is 4.84. The van der Waals surface area contributed by atoms with Crippen molar-refractivity contribution in [2.75, 3.05) is 12.8 Å². The minimum Gasteiger partial charge on any atom is -0.481 e.